The summed E-state index contributed by atoms with van der Waals surface area (Å²) in [5, 5.41) is 7.18. The molecule has 6 heteroatoms. The van der Waals surface area contributed by atoms with Gasteiger partial charge in [0.25, 0.3) is 0 Å². The van der Waals surface area contributed by atoms with Crippen LogP contribution in [0.15, 0.2) is 53.5 Å². The first-order valence-electron chi connectivity index (χ1n) is 7.64. The smallest absolute Gasteiger partial charge is 0.348 e. The minimum atomic E-state index is -0.303. The molecule has 116 valence electrons. The number of fused-ring (bicyclic) bond motifs is 2. The summed E-state index contributed by atoms with van der Waals surface area (Å²) in [7, 11) is 0. The Bertz CT molecular complexity index is 941. The number of nitrogens with zero attached hydrogens (tertiary/aromatic N) is 3. The van der Waals surface area contributed by atoms with Crippen LogP contribution in [0.5, 0.6) is 0 Å². The SMILES string of the molecule is O=C(Cn1nc2ccccn2c1=O)NC1CCc2ccccc21. The molecule has 0 saturated heterocycles. The first kappa shape index (κ1) is 13.8. The van der Waals surface area contributed by atoms with Gasteiger partial charge in [-0.3, -0.25) is 9.20 Å². The minimum absolute atomic E-state index is 0.0198. The third-order valence-electron chi connectivity index (χ3n) is 4.25. The summed E-state index contributed by atoms with van der Waals surface area (Å²) in [6.45, 7) is -0.0703. The van der Waals surface area contributed by atoms with E-state index in [4.69, 9.17) is 0 Å². The number of hydrogen-bond acceptors (Lipinski definition) is 3. The van der Waals surface area contributed by atoms with Gasteiger partial charge >= 0.3 is 5.69 Å². The number of pyridine rings is 1. The first-order valence-corrected chi connectivity index (χ1v) is 7.64. The maximum Gasteiger partial charge on any atom is 0.350 e. The first-order chi connectivity index (χ1) is 11.2. The lowest BCUT2D eigenvalue weighted by molar-refractivity contribution is -0.122. The van der Waals surface area contributed by atoms with E-state index in [0.29, 0.717) is 5.65 Å². The van der Waals surface area contributed by atoms with Crippen molar-refractivity contribution in [1.29, 1.82) is 0 Å². The Hall–Kier alpha value is -2.89. The quantitative estimate of drug-likeness (QED) is 0.793. The molecule has 2 heterocycles. The highest BCUT2D eigenvalue weighted by molar-refractivity contribution is 5.76. The fraction of sp³-hybridized carbons (Fsp3) is 0.235. The Kier molecular flexibility index (Phi) is 3.22. The molecule has 1 aliphatic carbocycles. The highest BCUT2D eigenvalue weighted by Crippen LogP contribution is 2.30. The second-order valence-corrected chi connectivity index (χ2v) is 5.73. The van der Waals surface area contributed by atoms with Crippen LogP contribution in [0, 0.1) is 0 Å². The average Bonchev–Trinajstić information content (AvgIpc) is 3.10. The molecule has 4 rings (SSSR count). The highest BCUT2D eigenvalue weighted by Gasteiger charge is 2.23. The third-order valence-corrected chi connectivity index (χ3v) is 4.25. The Labute approximate surface area is 132 Å². The van der Waals surface area contributed by atoms with Crippen LogP contribution in [-0.2, 0) is 17.8 Å². The van der Waals surface area contributed by atoms with E-state index in [0.717, 1.165) is 12.8 Å². The molecule has 0 bridgehead atoms. The molecule has 1 atom stereocenters. The average molecular weight is 308 g/mol. The van der Waals surface area contributed by atoms with Gasteiger partial charge in [0.15, 0.2) is 5.65 Å². The molecule has 1 amide bonds. The normalized spacial score (nSPS) is 16.4. The van der Waals surface area contributed by atoms with Crippen molar-refractivity contribution < 1.29 is 4.79 Å². The van der Waals surface area contributed by atoms with Gasteiger partial charge in [0.2, 0.25) is 5.91 Å². The lowest BCUT2D eigenvalue weighted by Crippen LogP contribution is -2.34. The lowest BCUT2D eigenvalue weighted by Gasteiger charge is -2.13. The molecule has 0 aliphatic heterocycles. The summed E-state index contributed by atoms with van der Waals surface area (Å²) in [5.41, 5.74) is 2.69. The van der Waals surface area contributed by atoms with E-state index in [9.17, 15) is 9.59 Å². The number of benzene rings is 1. The van der Waals surface area contributed by atoms with Crippen molar-refractivity contribution in [2.75, 3.05) is 0 Å². The van der Waals surface area contributed by atoms with Crippen molar-refractivity contribution in [3.05, 3.63) is 70.3 Å². The van der Waals surface area contributed by atoms with E-state index in [2.05, 4.69) is 16.5 Å². The van der Waals surface area contributed by atoms with E-state index in [1.165, 1.54) is 20.2 Å². The van der Waals surface area contributed by atoms with Gasteiger partial charge in [-0.25, -0.2) is 9.48 Å². The Morgan fingerprint density at radius 3 is 2.91 bits per heavy atom. The summed E-state index contributed by atoms with van der Waals surface area (Å²) >= 11 is 0. The van der Waals surface area contributed by atoms with E-state index in [-0.39, 0.29) is 24.2 Å². The molecule has 0 radical (unpaired) electrons. The van der Waals surface area contributed by atoms with Crippen molar-refractivity contribution >= 4 is 11.6 Å². The fourth-order valence-electron chi connectivity index (χ4n) is 3.15. The molecule has 23 heavy (non-hydrogen) atoms. The van der Waals surface area contributed by atoms with Crippen LogP contribution in [0.3, 0.4) is 0 Å². The van der Waals surface area contributed by atoms with Crippen LogP contribution in [0.4, 0.5) is 0 Å². The number of aryl methyl sites for hydroxylation is 1. The molecule has 2 aromatic heterocycles. The Morgan fingerprint density at radius 2 is 2.04 bits per heavy atom. The number of carbonyl (C=O) groups is 1. The second kappa shape index (κ2) is 5.39. The molecule has 3 aromatic rings. The molecular formula is C17H16N4O2. The largest absolute Gasteiger partial charge is 0.350 e. The number of hydrogen-bond donors (Lipinski definition) is 1. The Morgan fingerprint density at radius 1 is 1.22 bits per heavy atom. The molecule has 1 N–H and O–H groups in total. The molecule has 0 fully saturated rings. The van der Waals surface area contributed by atoms with Crippen LogP contribution in [-0.4, -0.2) is 20.1 Å². The standard InChI is InChI=1S/C17H16N4O2/c22-16(18-14-9-8-12-5-1-2-6-13(12)14)11-21-17(23)20-10-4-3-7-15(20)19-21/h1-7,10,14H,8-9,11H2,(H,18,22). The summed E-state index contributed by atoms with van der Waals surface area (Å²) in [6.07, 6.45) is 3.51. The molecule has 0 saturated carbocycles. The minimum Gasteiger partial charge on any atom is -0.348 e. The number of nitrogens with one attached hydrogen (secondary N) is 1. The van der Waals surface area contributed by atoms with Gasteiger partial charge in [-0.1, -0.05) is 30.3 Å². The van der Waals surface area contributed by atoms with Crippen LogP contribution >= 0.6 is 0 Å². The van der Waals surface area contributed by atoms with Crippen LogP contribution in [0.1, 0.15) is 23.6 Å². The molecule has 1 aromatic carbocycles. The summed E-state index contributed by atoms with van der Waals surface area (Å²) in [6, 6.07) is 13.5. The van der Waals surface area contributed by atoms with Gasteiger partial charge in [0.05, 0.1) is 6.04 Å². The maximum atomic E-state index is 12.3. The molecular weight excluding hydrogens is 292 g/mol. The third kappa shape index (κ3) is 2.42. The zero-order valence-corrected chi connectivity index (χ0v) is 12.5. The predicted octanol–water partition coefficient (Wildman–Crippen LogP) is 1.30. The second-order valence-electron chi connectivity index (χ2n) is 5.73. The zero-order chi connectivity index (χ0) is 15.8. The van der Waals surface area contributed by atoms with E-state index in [1.54, 1.807) is 18.3 Å². The van der Waals surface area contributed by atoms with Crippen LogP contribution in [0.2, 0.25) is 0 Å². The zero-order valence-electron chi connectivity index (χ0n) is 12.5. The summed E-state index contributed by atoms with van der Waals surface area (Å²) in [5.74, 6) is -0.197. The van der Waals surface area contributed by atoms with Crippen molar-refractivity contribution in [2.24, 2.45) is 0 Å². The number of aromatic nitrogens is 3. The van der Waals surface area contributed by atoms with Crippen molar-refractivity contribution in [3.63, 3.8) is 0 Å². The Balaban J connectivity index is 1.52. The van der Waals surface area contributed by atoms with Crippen LogP contribution < -0.4 is 11.0 Å². The van der Waals surface area contributed by atoms with Gasteiger partial charge in [-0.05, 0) is 36.1 Å². The fourth-order valence-corrected chi connectivity index (χ4v) is 3.15. The summed E-state index contributed by atoms with van der Waals surface area (Å²) in [4.78, 5) is 24.5. The van der Waals surface area contributed by atoms with E-state index in [1.807, 2.05) is 24.3 Å². The summed E-state index contributed by atoms with van der Waals surface area (Å²) < 4.78 is 2.63. The maximum absolute atomic E-state index is 12.3. The van der Waals surface area contributed by atoms with Gasteiger partial charge in [0, 0.05) is 6.20 Å². The van der Waals surface area contributed by atoms with Crippen molar-refractivity contribution in [2.45, 2.75) is 25.4 Å². The highest BCUT2D eigenvalue weighted by atomic mass is 16.2. The number of rotatable bonds is 3. The number of amides is 1. The predicted molar refractivity (Wildman–Crippen MR) is 85.1 cm³/mol. The number of carbonyl (C=O) groups excluding carboxylic acids is 1. The molecule has 6 nitrogen and oxygen atoms in total. The van der Waals surface area contributed by atoms with Crippen molar-refractivity contribution in [1.82, 2.24) is 19.5 Å². The van der Waals surface area contributed by atoms with Gasteiger partial charge in [-0.15, -0.1) is 5.10 Å². The van der Waals surface area contributed by atoms with Gasteiger partial charge < -0.3 is 5.32 Å². The molecule has 1 unspecified atom stereocenters. The van der Waals surface area contributed by atoms with Gasteiger partial charge in [0.1, 0.15) is 6.54 Å². The van der Waals surface area contributed by atoms with Crippen molar-refractivity contribution in [3.8, 4) is 0 Å². The molecule has 1 aliphatic rings. The topological polar surface area (TPSA) is 68.4 Å². The van der Waals surface area contributed by atoms with E-state index >= 15 is 0 Å². The van der Waals surface area contributed by atoms with Gasteiger partial charge in [-0.2, -0.15) is 0 Å². The van der Waals surface area contributed by atoms with E-state index < -0.39 is 0 Å². The molecule has 0 spiro atoms. The monoisotopic (exact) mass is 308 g/mol. The van der Waals surface area contributed by atoms with Crippen LogP contribution in [0.25, 0.3) is 5.65 Å². The lowest BCUT2D eigenvalue weighted by atomic mass is 10.1.